The Labute approximate surface area is 99.6 Å². The van der Waals surface area contributed by atoms with Crippen LogP contribution in [0.15, 0.2) is 18.2 Å². The third kappa shape index (κ3) is 2.62. The SMILES string of the molecule is O=C1CCCCC1Cc1cc(F)ccc1Cl. The minimum Gasteiger partial charge on any atom is -0.299 e. The molecule has 0 heterocycles. The Hall–Kier alpha value is -0.890. The summed E-state index contributed by atoms with van der Waals surface area (Å²) in [6.07, 6.45) is 4.23. The Kier molecular flexibility index (Phi) is 3.59. The number of carbonyl (C=O) groups is 1. The number of carbonyl (C=O) groups excluding carboxylic acids is 1. The van der Waals surface area contributed by atoms with E-state index in [2.05, 4.69) is 0 Å². The highest BCUT2D eigenvalue weighted by molar-refractivity contribution is 6.31. The Morgan fingerprint density at radius 1 is 1.38 bits per heavy atom. The first-order valence-electron chi connectivity index (χ1n) is 5.63. The molecule has 2 rings (SSSR count). The van der Waals surface area contributed by atoms with Gasteiger partial charge in [-0.3, -0.25) is 4.79 Å². The lowest BCUT2D eigenvalue weighted by Gasteiger charge is -2.20. The highest BCUT2D eigenvalue weighted by Crippen LogP contribution is 2.27. The molecular weight excluding hydrogens is 227 g/mol. The molecule has 1 fully saturated rings. The van der Waals surface area contributed by atoms with E-state index in [-0.39, 0.29) is 11.7 Å². The fraction of sp³-hybridized carbons (Fsp3) is 0.462. The summed E-state index contributed by atoms with van der Waals surface area (Å²) < 4.78 is 13.1. The van der Waals surface area contributed by atoms with E-state index in [1.54, 1.807) is 6.07 Å². The molecule has 1 nitrogen and oxygen atoms in total. The Morgan fingerprint density at radius 3 is 2.94 bits per heavy atom. The second-order valence-corrected chi connectivity index (χ2v) is 4.76. The first kappa shape index (κ1) is 11.6. The van der Waals surface area contributed by atoms with Gasteiger partial charge in [-0.25, -0.2) is 4.39 Å². The van der Waals surface area contributed by atoms with Gasteiger partial charge in [0.1, 0.15) is 11.6 Å². The molecule has 0 saturated heterocycles. The smallest absolute Gasteiger partial charge is 0.136 e. The van der Waals surface area contributed by atoms with Crippen LogP contribution in [0.3, 0.4) is 0 Å². The van der Waals surface area contributed by atoms with Crippen LogP contribution in [0.1, 0.15) is 31.2 Å². The molecule has 0 radical (unpaired) electrons. The van der Waals surface area contributed by atoms with Gasteiger partial charge in [-0.1, -0.05) is 18.0 Å². The Bertz CT molecular complexity index is 403. The summed E-state index contributed by atoms with van der Waals surface area (Å²) >= 11 is 5.99. The van der Waals surface area contributed by atoms with Crippen molar-refractivity contribution in [2.45, 2.75) is 32.1 Å². The van der Waals surface area contributed by atoms with Crippen LogP contribution in [-0.2, 0) is 11.2 Å². The second-order valence-electron chi connectivity index (χ2n) is 4.35. The van der Waals surface area contributed by atoms with Gasteiger partial charge in [0.05, 0.1) is 0 Å². The predicted molar refractivity (Wildman–Crippen MR) is 62.1 cm³/mol. The molecule has 1 atom stereocenters. The van der Waals surface area contributed by atoms with E-state index in [0.29, 0.717) is 23.6 Å². The van der Waals surface area contributed by atoms with Gasteiger partial charge in [-0.05, 0) is 43.0 Å². The van der Waals surface area contributed by atoms with Crippen LogP contribution in [0.5, 0.6) is 0 Å². The lowest BCUT2D eigenvalue weighted by Crippen LogP contribution is -2.21. The lowest BCUT2D eigenvalue weighted by molar-refractivity contribution is -0.124. The van der Waals surface area contributed by atoms with Gasteiger partial charge in [0.15, 0.2) is 0 Å². The normalized spacial score (nSPS) is 21.1. The molecular formula is C13H14ClFO. The van der Waals surface area contributed by atoms with Crippen LogP contribution >= 0.6 is 11.6 Å². The van der Waals surface area contributed by atoms with Gasteiger partial charge in [0.25, 0.3) is 0 Å². The van der Waals surface area contributed by atoms with Crippen molar-refractivity contribution in [1.29, 1.82) is 0 Å². The molecule has 0 amide bonds. The number of halogens is 2. The topological polar surface area (TPSA) is 17.1 Å². The molecule has 1 unspecified atom stereocenters. The summed E-state index contributed by atoms with van der Waals surface area (Å²) in [6, 6.07) is 4.33. The standard InChI is InChI=1S/C13H14ClFO/c14-12-6-5-11(15)8-10(12)7-9-3-1-2-4-13(9)16/h5-6,8-9H,1-4,7H2. The maximum absolute atomic E-state index is 13.1. The fourth-order valence-corrected chi connectivity index (χ4v) is 2.43. The van der Waals surface area contributed by atoms with Crippen molar-refractivity contribution in [1.82, 2.24) is 0 Å². The molecule has 0 aromatic heterocycles. The zero-order valence-electron chi connectivity index (χ0n) is 9.01. The Morgan fingerprint density at radius 2 is 2.19 bits per heavy atom. The molecule has 3 heteroatoms. The summed E-state index contributed by atoms with van der Waals surface area (Å²) in [5.74, 6) is 0.0438. The van der Waals surface area contributed by atoms with E-state index in [1.807, 2.05) is 0 Å². The monoisotopic (exact) mass is 240 g/mol. The molecule has 1 aliphatic carbocycles. The number of hydrogen-bond donors (Lipinski definition) is 0. The van der Waals surface area contributed by atoms with Crippen molar-refractivity contribution in [3.63, 3.8) is 0 Å². The summed E-state index contributed by atoms with van der Waals surface area (Å²) in [6.45, 7) is 0. The first-order valence-corrected chi connectivity index (χ1v) is 6.01. The molecule has 0 aliphatic heterocycles. The maximum Gasteiger partial charge on any atom is 0.136 e. The van der Waals surface area contributed by atoms with Crippen molar-refractivity contribution in [3.8, 4) is 0 Å². The van der Waals surface area contributed by atoms with Gasteiger partial charge >= 0.3 is 0 Å². The summed E-state index contributed by atoms with van der Waals surface area (Å²) in [5.41, 5.74) is 0.752. The van der Waals surface area contributed by atoms with Crippen LogP contribution in [-0.4, -0.2) is 5.78 Å². The van der Waals surface area contributed by atoms with Gasteiger partial charge in [0, 0.05) is 17.4 Å². The van der Waals surface area contributed by atoms with E-state index in [1.165, 1.54) is 12.1 Å². The second kappa shape index (κ2) is 4.96. The molecule has 86 valence electrons. The molecule has 0 spiro atoms. The van der Waals surface area contributed by atoms with Crippen LogP contribution in [0.2, 0.25) is 5.02 Å². The van der Waals surface area contributed by atoms with Crippen LogP contribution < -0.4 is 0 Å². The lowest BCUT2D eigenvalue weighted by atomic mass is 9.84. The predicted octanol–water partition coefficient (Wildman–Crippen LogP) is 3.78. The highest BCUT2D eigenvalue weighted by Gasteiger charge is 2.23. The number of ketones is 1. The summed E-state index contributed by atoms with van der Waals surface area (Å²) in [7, 11) is 0. The average molecular weight is 241 g/mol. The molecule has 1 aromatic carbocycles. The van der Waals surface area contributed by atoms with Crippen molar-refractivity contribution < 1.29 is 9.18 Å². The minimum absolute atomic E-state index is 0.0352. The zero-order chi connectivity index (χ0) is 11.5. The molecule has 0 bridgehead atoms. The molecule has 1 aromatic rings. The van der Waals surface area contributed by atoms with Crippen LogP contribution in [0.4, 0.5) is 4.39 Å². The summed E-state index contributed by atoms with van der Waals surface area (Å²) in [5, 5.41) is 0.555. The van der Waals surface area contributed by atoms with E-state index in [0.717, 1.165) is 24.8 Å². The van der Waals surface area contributed by atoms with E-state index >= 15 is 0 Å². The third-order valence-electron chi connectivity index (χ3n) is 3.16. The van der Waals surface area contributed by atoms with Crippen molar-refractivity contribution in [3.05, 3.63) is 34.6 Å². The minimum atomic E-state index is -0.289. The Balaban J connectivity index is 2.13. The van der Waals surface area contributed by atoms with Crippen LogP contribution in [0, 0.1) is 11.7 Å². The maximum atomic E-state index is 13.1. The van der Waals surface area contributed by atoms with Gasteiger partial charge < -0.3 is 0 Å². The van der Waals surface area contributed by atoms with Gasteiger partial charge in [-0.15, -0.1) is 0 Å². The largest absolute Gasteiger partial charge is 0.299 e. The number of Topliss-reactive ketones (excluding diaryl/α,β-unsaturated/α-hetero) is 1. The fourth-order valence-electron chi connectivity index (χ4n) is 2.24. The molecule has 1 aliphatic rings. The van der Waals surface area contributed by atoms with E-state index in [9.17, 15) is 9.18 Å². The van der Waals surface area contributed by atoms with Crippen LogP contribution in [0.25, 0.3) is 0 Å². The van der Waals surface area contributed by atoms with Crippen molar-refractivity contribution >= 4 is 17.4 Å². The molecule has 0 N–H and O–H groups in total. The highest BCUT2D eigenvalue weighted by atomic mass is 35.5. The van der Waals surface area contributed by atoms with Crippen molar-refractivity contribution in [2.24, 2.45) is 5.92 Å². The number of benzene rings is 1. The molecule has 1 saturated carbocycles. The van der Waals surface area contributed by atoms with E-state index in [4.69, 9.17) is 11.6 Å². The number of rotatable bonds is 2. The first-order chi connectivity index (χ1) is 7.66. The van der Waals surface area contributed by atoms with Gasteiger partial charge in [0.2, 0.25) is 0 Å². The quantitative estimate of drug-likeness (QED) is 0.769. The summed E-state index contributed by atoms with van der Waals surface area (Å²) in [4.78, 5) is 11.7. The average Bonchev–Trinajstić information content (AvgIpc) is 2.27. The number of hydrogen-bond acceptors (Lipinski definition) is 1. The van der Waals surface area contributed by atoms with E-state index < -0.39 is 0 Å². The third-order valence-corrected chi connectivity index (χ3v) is 3.52. The molecule has 16 heavy (non-hydrogen) atoms. The van der Waals surface area contributed by atoms with Crippen molar-refractivity contribution in [2.75, 3.05) is 0 Å². The zero-order valence-corrected chi connectivity index (χ0v) is 9.77. The van der Waals surface area contributed by atoms with Gasteiger partial charge in [-0.2, -0.15) is 0 Å².